The van der Waals surface area contributed by atoms with Gasteiger partial charge in [-0.15, -0.1) is 11.8 Å². The number of nitrogens with zero attached hydrogens (tertiary/aromatic N) is 2. The van der Waals surface area contributed by atoms with Gasteiger partial charge < -0.3 is 5.32 Å². The van der Waals surface area contributed by atoms with E-state index in [0.29, 0.717) is 22.0 Å². The van der Waals surface area contributed by atoms with Crippen LogP contribution < -0.4 is 5.32 Å². The summed E-state index contributed by atoms with van der Waals surface area (Å²) in [5.74, 6) is 0.284. The van der Waals surface area contributed by atoms with E-state index < -0.39 is 0 Å². The number of hydrogen-bond acceptors (Lipinski definition) is 4. The zero-order chi connectivity index (χ0) is 17.5. The first-order valence-corrected chi connectivity index (χ1v) is 8.57. The predicted octanol–water partition coefficient (Wildman–Crippen LogP) is 4.34. The standard InChI is InChI=1S/C18H18FN3OS/c1-12(2)16-8-3-13(11-20)18(22-16)24-10-9-17(23)21-15-6-4-14(19)5-7-15/h3-8,12H,9-10H2,1-2H3,(H,21,23). The number of rotatable bonds is 6. The maximum atomic E-state index is 12.8. The maximum absolute atomic E-state index is 12.8. The first-order chi connectivity index (χ1) is 11.5. The Bertz CT molecular complexity index is 754. The quantitative estimate of drug-likeness (QED) is 0.793. The average molecular weight is 343 g/mol. The predicted molar refractivity (Wildman–Crippen MR) is 93.4 cm³/mol. The second-order valence-corrected chi connectivity index (χ2v) is 6.59. The number of carbonyl (C=O) groups is 1. The Morgan fingerprint density at radius 2 is 2.00 bits per heavy atom. The number of aromatic nitrogens is 1. The highest BCUT2D eigenvalue weighted by molar-refractivity contribution is 7.99. The zero-order valence-electron chi connectivity index (χ0n) is 13.5. The molecule has 2 aromatic rings. The molecule has 1 aromatic heterocycles. The molecular weight excluding hydrogens is 325 g/mol. The number of anilines is 1. The number of pyridine rings is 1. The SMILES string of the molecule is CC(C)c1ccc(C#N)c(SCCC(=O)Nc2ccc(F)cc2)n1. The highest BCUT2D eigenvalue weighted by Crippen LogP contribution is 2.24. The normalized spacial score (nSPS) is 10.5. The molecule has 0 aliphatic carbocycles. The molecule has 0 atom stereocenters. The first-order valence-electron chi connectivity index (χ1n) is 7.59. The molecule has 1 amide bonds. The third-order valence-electron chi connectivity index (χ3n) is 3.29. The van der Waals surface area contributed by atoms with Gasteiger partial charge in [0.15, 0.2) is 0 Å². The second-order valence-electron chi connectivity index (χ2n) is 5.51. The molecule has 1 aromatic carbocycles. The summed E-state index contributed by atoms with van der Waals surface area (Å²) in [6.45, 7) is 4.08. The number of hydrogen-bond donors (Lipinski definition) is 1. The van der Waals surface area contributed by atoms with Gasteiger partial charge in [-0.25, -0.2) is 9.37 Å². The number of carbonyl (C=O) groups excluding carboxylic acids is 1. The molecule has 1 heterocycles. The molecule has 0 bridgehead atoms. The Morgan fingerprint density at radius 1 is 1.29 bits per heavy atom. The summed E-state index contributed by atoms with van der Waals surface area (Å²) in [5.41, 5.74) is 2.00. The van der Waals surface area contributed by atoms with Crippen LogP contribution >= 0.6 is 11.8 Å². The van der Waals surface area contributed by atoms with Crippen LogP contribution in [0.25, 0.3) is 0 Å². The van der Waals surface area contributed by atoms with Crippen molar-refractivity contribution in [2.75, 3.05) is 11.1 Å². The van der Waals surface area contributed by atoms with Crippen LogP contribution in [0.2, 0.25) is 0 Å². The van der Waals surface area contributed by atoms with Gasteiger partial charge in [0.1, 0.15) is 16.9 Å². The molecule has 0 fully saturated rings. The second kappa shape index (κ2) is 8.46. The van der Waals surface area contributed by atoms with Gasteiger partial charge in [0.2, 0.25) is 5.91 Å². The molecular formula is C18H18FN3OS. The first kappa shape index (κ1) is 18.0. The van der Waals surface area contributed by atoms with Crippen molar-refractivity contribution >= 4 is 23.4 Å². The van der Waals surface area contributed by atoms with Crippen molar-refractivity contribution < 1.29 is 9.18 Å². The van der Waals surface area contributed by atoms with Crippen molar-refractivity contribution in [2.24, 2.45) is 0 Å². The van der Waals surface area contributed by atoms with E-state index in [4.69, 9.17) is 5.26 Å². The lowest BCUT2D eigenvalue weighted by Crippen LogP contribution is -2.12. The topological polar surface area (TPSA) is 65.8 Å². The fourth-order valence-corrected chi connectivity index (χ4v) is 2.89. The lowest BCUT2D eigenvalue weighted by Gasteiger charge is -2.09. The van der Waals surface area contributed by atoms with Gasteiger partial charge in [0.25, 0.3) is 0 Å². The van der Waals surface area contributed by atoms with Gasteiger partial charge in [-0.2, -0.15) is 5.26 Å². The van der Waals surface area contributed by atoms with E-state index in [1.165, 1.54) is 36.0 Å². The van der Waals surface area contributed by atoms with Crippen LogP contribution in [0.5, 0.6) is 0 Å². The summed E-state index contributed by atoms with van der Waals surface area (Å²) in [6, 6.07) is 11.4. The minimum absolute atomic E-state index is 0.160. The smallest absolute Gasteiger partial charge is 0.225 e. The van der Waals surface area contributed by atoms with Crippen LogP contribution in [0.1, 0.15) is 37.4 Å². The van der Waals surface area contributed by atoms with Crippen molar-refractivity contribution in [2.45, 2.75) is 31.2 Å². The summed E-state index contributed by atoms with van der Waals surface area (Å²) in [4.78, 5) is 16.4. The van der Waals surface area contributed by atoms with Gasteiger partial charge in [-0.1, -0.05) is 13.8 Å². The monoisotopic (exact) mass is 343 g/mol. The fraction of sp³-hybridized carbons (Fsp3) is 0.278. The molecule has 0 radical (unpaired) electrons. The van der Waals surface area contributed by atoms with Crippen LogP contribution in [0.3, 0.4) is 0 Å². The largest absolute Gasteiger partial charge is 0.326 e. The third-order valence-corrected chi connectivity index (χ3v) is 4.28. The molecule has 24 heavy (non-hydrogen) atoms. The van der Waals surface area contributed by atoms with Crippen LogP contribution in [-0.4, -0.2) is 16.6 Å². The van der Waals surface area contributed by atoms with E-state index in [1.807, 2.05) is 19.9 Å². The molecule has 1 N–H and O–H groups in total. The zero-order valence-corrected chi connectivity index (χ0v) is 14.4. The summed E-state index contributed by atoms with van der Waals surface area (Å²) >= 11 is 1.39. The van der Waals surface area contributed by atoms with Crippen molar-refractivity contribution in [3.05, 3.63) is 53.5 Å². The Hall–Kier alpha value is -2.39. The van der Waals surface area contributed by atoms with E-state index in [1.54, 1.807) is 6.07 Å². The van der Waals surface area contributed by atoms with Crippen molar-refractivity contribution in [1.29, 1.82) is 5.26 Å². The molecule has 0 aliphatic heterocycles. The molecule has 2 rings (SSSR count). The van der Waals surface area contributed by atoms with Gasteiger partial charge in [0.05, 0.1) is 5.56 Å². The molecule has 0 aliphatic rings. The van der Waals surface area contributed by atoms with Gasteiger partial charge >= 0.3 is 0 Å². The van der Waals surface area contributed by atoms with Crippen LogP contribution in [0.4, 0.5) is 10.1 Å². The lowest BCUT2D eigenvalue weighted by molar-refractivity contribution is -0.115. The molecule has 0 unspecified atom stereocenters. The maximum Gasteiger partial charge on any atom is 0.225 e. The highest BCUT2D eigenvalue weighted by atomic mass is 32.2. The molecule has 124 valence electrons. The molecule has 0 saturated heterocycles. The fourth-order valence-electron chi connectivity index (χ4n) is 1.97. The summed E-state index contributed by atoms with van der Waals surface area (Å²) in [7, 11) is 0. The highest BCUT2D eigenvalue weighted by Gasteiger charge is 2.10. The molecule has 0 saturated carbocycles. The summed E-state index contributed by atoms with van der Waals surface area (Å²) in [5, 5.41) is 12.5. The van der Waals surface area contributed by atoms with Crippen LogP contribution in [0.15, 0.2) is 41.4 Å². The van der Waals surface area contributed by atoms with Crippen LogP contribution in [-0.2, 0) is 4.79 Å². The Morgan fingerprint density at radius 3 is 2.62 bits per heavy atom. The van der Waals surface area contributed by atoms with Crippen molar-refractivity contribution in [3.8, 4) is 6.07 Å². The lowest BCUT2D eigenvalue weighted by atomic mass is 10.1. The van der Waals surface area contributed by atoms with Crippen LogP contribution in [0, 0.1) is 17.1 Å². The summed E-state index contributed by atoms with van der Waals surface area (Å²) < 4.78 is 12.8. The van der Waals surface area contributed by atoms with Gasteiger partial charge in [-0.3, -0.25) is 4.79 Å². The number of amides is 1. The average Bonchev–Trinajstić information content (AvgIpc) is 2.56. The third kappa shape index (κ3) is 5.07. The van der Waals surface area contributed by atoms with E-state index in [9.17, 15) is 9.18 Å². The number of halogens is 1. The van der Waals surface area contributed by atoms with Crippen molar-refractivity contribution in [3.63, 3.8) is 0 Å². The molecule has 6 heteroatoms. The number of benzene rings is 1. The Balaban J connectivity index is 1.91. The molecule has 0 spiro atoms. The van der Waals surface area contributed by atoms with E-state index in [0.717, 1.165) is 5.69 Å². The van der Waals surface area contributed by atoms with Gasteiger partial charge in [-0.05, 0) is 42.3 Å². The molecule has 4 nitrogen and oxygen atoms in total. The Kier molecular flexibility index (Phi) is 6.33. The minimum Gasteiger partial charge on any atom is -0.326 e. The number of nitriles is 1. The van der Waals surface area contributed by atoms with E-state index in [2.05, 4.69) is 16.4 Å². The van der Waals surface area contributed by atoms with E-state index in [-0.39, 0.29) is 24.1 Å². The van der Waals surface area contributed by atoms with E-state index >= 15 is 0 Å². The Labute approximate surface area is 145 Å². The summed E-state index contributed by atoms with van der Waals surface area (Å²) in [6.07, 6.45) is 0.278. The van der Waals surface area contributed by atoms with Crippen molar-refractivity contribution in [1.82, 2.24) is 4.98 Å². The number of thioether (sulfide) groups is 1. The minimum atomic E-state index is -0.344. The van der Waals surface area contributed by atoms with Gasteiger partial charge in [0, 0.05) is 23.6 Å². The number of nitrogens with one attached hydrogen (secondary N) is 1.